The first-order chi connectivity index (χ1) is 9.01. The highest BCUT2D eigenvalue weighted by Crippen LogP contribution is 2.52. The van der Waals surface area contributed by atoms with E-state index in [2.05, 4.69) is 31.4 Å². The number of aryl methyl sites for hydroxylation is 1. The van der Waals surface area contributed by atoms with Gasteiger partial charge in [-0.25, -0.2) is 4.98 Å². The number of aromatic nitrogens is 2. The van der Waals surface area contributed by atoms with Crippen molar-refractivity contribution in [1.29, 1.82) is 0 Å². The molecule has 3 nitrogen and oxygen atoms in total. The van der Waals surface area contributed by atoms with Crippen LogP contribution in [-0.2, 0) is 13.0 Å². The first-order valence-corrected chi connectivity index (χ1v) is 7.26. The third-order valence-electron chi connectivity index (χ3n) is 4.45. The second kappa shape index (κ2) is 4.26. The molecule has 3 heteroatoms. The molecular formula is C16H23N3. The van der Waals surface area contributed by atoms with E-state index >= 15 is 0 Å². The highest BCUT2D eigenvalue weighted by molar-refractivity contribution is 5.79. The van der Waals surface area contributed by atoms with Crippen LogP contribution in [0, 0.1) is 11.3 Å². The van der Waals surface area contributed by atoms with Gasteiger partial charge in [0.05, 0.1) is 11.0 Å². The summed E-state index contributed by atoms with van der Waals surface area (Å²) in [5.74, 6) is 2.00. The van der Waals surface area contributed by atoms with Crippen LogP contribution in [0.3, 0.4) is 0 Å². The van der Waals surface area contributed by atoms with Crippen molar-refractivity contribution in [2.75, 3.05) is 5.73 Å². The molecule has 1 heterocycles. The Labute approximate surface area is 114 Å². The highest BCUT2D eigenvalue weighted by atomic mass is 15.1. The number of hydrogen-bond donors (Lipinski definition) is 1. The summed E-state index contributed by atoms with van der Waals surface area (Å²) in [5.41, 5.74) is 9.45. The minimum absolute atomic E-state index is 0.508. The summed E-state index contributed by atoms with van der Waals surface area (Å²) in [6.45, 7) is 8.02. The number of nitrogens with two attached hydrogens (primary N) is 1. The van der Waals surface area contributed by atoms with Crippen molar-refractivity contribution < 1.29 is 0 Å². The summed E-state index contributed by atoms with van der Waals surface area (Å²) in [6.07, 6.45) is 3.50. The van der Waals surface area contributed by atoms with Crippen LogP contribution in [-0.4, -0.2) is 9.55 Å². The van der Waals surface area contributed by atoms with E-state index in [9.17, 15) is 0 Å². The molecule has 0 bridgehead atoms. The van der Waals surface area contributed by atoms with E-state index in [0.717, 1.165) is 36.5 Å². The van der Waals surface area contributed by atoms with Crippen molar-refractivity contribution in [3.05, 3.63) is 24.0 Å². The van der Waals surface area contributed by atoms with E-state index < -0.39 is 0 Å². The lowest BCUT2D eigenvalue weighted by molar-refractivity contribution is 0.494. The molecule has 3 rings (SSSR count). The van der Waals surface area contributed by atoms with Crippen molar-refractivity contribution >= 4 is 16.7 Å². The SMILES string of the molecule is CCCc1nc2cc(N)ccc2n1CC1CC1(C)C. The maximum absolute atomic E-state index is 5.86. The molecule has 2 aromatic rings. The van der Waals surface area contributed by atoms with E-state index in [4.69, 9.17) is 10.7 Å². The number of nitrogens with zero attached hydrogens (tertiary/aromatic N) is 2. The second-order valence-electron chi connectivity index (χ2n) is 6.53. The van der Waals surface area contributed by atoms with E-state index in [-0.39, 0.29) is 0 Å². The van der Waals surface area contributed by atoms with Crippen LogP contribution < -0.4 is 5.73 Å². The van der Waals surface area contributed by atoms with Gasteiger partial charge in [0, 0.05) is 18.7 Å². The zero-order valence-electron chi connectivity index (χ0n) is 12.1. The van der Waals surface area contributed by atoms with Crippen molar-refractivity contribution in [2.45, 2.75) is 46.6 Å². The summed E-state index contributed by atoms with van der Waals surface area (Å²) >= 11 is 0. The molecule has 19 heavy (non-hydrogen) atoms. The predicted octanol–water partition coefficient (Wildman–Crippen LogP) is 3.62. The van der Waals surface area contributed by atoms with Gasteiger partial charge in [-0.2, -0.15) is 0 Å². The van der Waals surface area contributed by atoms with Gasteiger partial charge in [0.2, 0.25) is 0 Å². The maximum atomic E-state index is 5.86. The summed E-state index contributed by atoms with van der Waals surface area (Å²) in [6, 6.07) is 6.09. The standard InChI is InChI=1S/C16H23N3/c1-4-5-15-18-13-8-12(17)6-7-14(13)19(15)10-11-9-16(11,2)3/h6-8,11H,4-5,9-10,17H2,1-3H3. The van der Waals surface area contributed by atoms with Crippen LogP contribution in [0.4, 0.5) is 5.69 Å². The van der Waals surface area contributed by atoms with Crippen molar-refractivity contribution in [3.63, 3.8) is 0 Å². The number of imidazole rings is 1. The number of fused-ring (bicyclic) bond motifs is 1. The highest BCUT2D eigenvalue weighted by Gasteiger charge is 2.45. The van der Waals surface area contributed by atoms with Crippen molar-refractivity contribution in [1.82, 2.24) is 9.55 Å². The predicted molar refractivity (Wildman–Crippen MR) is 80.0 cm³/mol. The molecule has 0 aliphatic heterocycles. The molecule has 1 aliphatic carbocycles. The molecular weight excluding hydrogens is 234 g/mol. The Balaban J connectivity index is 2.01. The summed E-state index contributed by atoms with van der Waals surface area (Å²) in [5, 5.41) is 0. The van der Waals surface area contributed by atoms with E-state index in [1.807, 2.05) is 12.1 Å². The monoisotopic (exact) mass is 257 g/mol. The fourth-order valence-electron chi connectivity index (χ4n) is 2.92. The van der Waals surface area contributed by atoms with Gasteiger partial charge in [-0.3, -0.25) is 0 Å². The molecule has 0 radical (unpaired) electrons. The van der Waals surface area contributed by atoms with Gasteiger partial charge in [-0.05, 0) is 42.4 Å². The lowest BCUT2D eigenvalue weighted by Crippen LogP contribution is -2.08. The topological polar surface area (TPSA) is 43.8 Å². The number of rotatable bonds is 4. The Morgan fingerprint density at radius 1 is 1.42 bits per heavy atom. The van der Waals surface area contributed by atoms with Gasteiger partial charge in [-0.15, -0.1) is 0 Å². The third kappa shape index (κ3) is 2.22. The molecule has 1 aliphatic rings. The van der Waals surface area contributed by atoms with Crippen molar-refractivity contribution in [3.8, 4) is 0 Å². The van der Waals surface area contributed by atoms with Gasteiger partial charge >= 0.3 is 0 Å². The largest absolute Gasteiger partial charge is 0.399 e. The molecule has 1 atom stereocenters. The molecule has 0 amide bonds. The summed E-state index contributed by atoms with van der Waals surface area (Å²) < 4.78 is 2.41. The van der Waals surface area contributed by atoms with E-state index in [1.165, 1.54) is 17.8 Å². The van der Waals surface area contributed by atoms with Crippen LogP contribution in [0.2, 0.25) is 0 Å². The molecule has 1 aromatic carbocycles. The van der Waals surface area contributed by atoms with Gasteiger partial charge in [0.25, 0.3) is 0 Å². The fourth-order valence-corrected chi connectivity index (χ4v) is 2.92. The molecule has 1 fully saturated rings. The molecule has 0 saturated heterocycles. The Morgan fingerprint density at radius 3 is 2.79 bits per heavy atom. The van der Waals surface area contributed by atoms with Gasteiger partial charge in [0.1, 0.15) is 5.82 Å². The first-order valence-electron chi connectivity index (χ1n) is 7.26. The molecule has 1 aromatic heterocycles. The second-order valence-corrected chi connectivity index (χ2v) is 6.53. The van der Waals surface area contributed by atoms with Gasteiger partial charge < -0.3 is 10.3 Å². The molecule has 102 valence electrons. The molecule has 1 unspecified atom stereocenters. The zero-order valence-corrected chi connectivity index (χ0v) is 12.1. The van der Waals surface area contributed by atoms with Gasteiger partial charge in [-0.1, -0.05) is 20.8 Å². The van der Waals surface area contributed by atoms with Gasteiger partial charge in [0.15, 0.2) is 0 Å². The van der Waals surface area contributed by atoms with E-state index in [1.54, 1.807) is 0 Å². The van der Waals surface area contributed by atoms with Crippen molar-refractivity contribution in [2.24, 2.45) is 11.3 Å². The molecule has 0 spiro atoms. The third-order valence-corrected chi connectivity index (χ3v) is 4.45. The van der Waals surface area contributed by atoms with Crippen LogP contribution in [0.1, 0.15) is 39.4 Å². The lowest BCUT2D eigenvalue weighted by Gasteiger charge is -2.10. The minimum atomic E-state index is 0.508. The Morgan fingerprint density at radius 2 is 2.16 bits per heavy atom. The maximum Gasteiger partial charge on any atom is 0.109 e. The number of benzene rings is 1. The lowest BCUT2D eigenvalue weighted by atomic mass is 10.1. The summed E-state index contributed by atoms with van der Waals surface area (Å²) in [7, 11) is 0. The fraction of sp³-hybridized carbons (Fsp3) is 0.562. The smallest absolute Gasteiger partial charge is 0.109 e. The minimum Gasteiger partial charge on any atom is -0.399 e. The normalized spacial score (nSPS) is 20.9. The number of hydrogen-bond acceptors (Lipinski definition) is 2. The Kier molecular flexibility index (Phi) is 2.80. The van der Waals surface area contributed by atoms with Crippen LogP contribution in [0.15, 0.2) is 18.2 Å². The summed E-state index contributed by atoms with van der Waals surface area (Å²) in [4.78, 5) is 4.77. The zero-order chi connectivity index (χ0) is 13.6. The van der Waals surface area contributed by atoms with Crippen LogP contribution in [0.25, 0.3) is 11.0 Å². The number of nitrogen functional groups attached to an aromatic ring is 1. The molecule has 2 N–H and O–H groups in total. The number of anilines is 1. The van der Waals surface area contributed by atoms with Crippen LogP contribution >= 0.6 is 0 Å². The Bertz CT molecular complexity index is 610. The average Bonchev–Trinajstić information content (AvgIpc) is 2.79. The van der Waals surface area contributed by atoms with E-state index in [0.29, 0.717) is 5.41 Å². The quantitative estimate of drug-likeness (QED) is 0.850. The molecule has 1 saturated carbocycles. The Hall–Kier alpha value is -1.51. The first kappa shape index (κ1) is 12.5. The van der Waals surface area contributed by atoms with Crippen LogP contribution in [0.5, 0.6) is 0 Å². The average molecular weight is 257 g/mol.